The van der Waals surface area contributed by atoms with Crippen LogP contribution < -0.4 is 0 Å². The van der Waals surface area contributed by atoms with Crippen molar-refractivity contribution < 1.29 is 0 Å². The number of hydrogen-bond donors (Lipinski definition) is 0. The van der Waals surface area contributed by atoms with Gasteiger partial charge in [0, 0.05) is 4.47 Å². The smallest absolute Gasteiger partial charge is 0.0181 e. The summed E-state index contributed by atoms with van der Waals surface area (Å²) in [6.07, 6.45) is 7.28. The Balaban J connectivity index is 2.11. The number of benzene rings is 1. The fraction of sp³-hybridized carbons (Fsp3) is 0.273. The largest absolute Gasteiger partial charge is 0.0808 e. The van der Waals surface area contributed by atoms with Crippen LogP contribution in [0.15, 0.2) is 34.8 Å². The molecule has 0 nitrogen and oxygen atoms in total. The van der Waals surface area contributed by atoms with Gasteiger partial charge in [0.05, 0.1) is 0 Å². The van der Waals surface area contributed by atoms with Crippen molar-refractivity contribution in [1.29, 1.82) is 0 Å². The highest BCUT2D eigenvalue weighted by molar-refractivity contribution is 9.10. The highest BCUT2D eigenvalue weighted by Gasteiger charge is 2.16. The topological polar surface area (TPSA) is 0 Å². The first kappa shape index (κ1) is 8.06. The maximum atomic E-state index is 3.45. The molecule has 12 heavy (non-hydrogen) atoms. The molecule has 2 rings (SSSR count). The van der Waals surface area contributed by atoms with E-state index in [4.69, 9.17) is 0 Å². The first-order valence-corrected chi connectivity index (χ1v) is 5.08. The maximum absolute atomic E-state index is 3.45. The molecule has 62 valence electrons. The van der Waals surface area contributed by atoms with Gasteiger partial charge in [0.1, 0.15) is 0 Å². The van der Waals surface area contributed by atoms with Gasteiger partial charge in [0.2, 0.25) is 0 Å². The fourth-order valence-corrected chi connectivity index (χ4v) is 1.56. The SMILES string of the molecule is Brc1cccc(/C=C/C2CC2)c1. The molecule has 0 unspecified atom stereocenters. The number of allylic oxidation sites excluding steroid dienone is 1. The van der Waals surface area contributed by atoms with Crippen LogP contribution in [0.4, 0.5) is 0 Å². The molecule has 0 heterocycles. The Kier molecular flexibility index (Phi) is 2.31. The number of rotatable bonds is 2. The van der Waals surface area contributed by atoms with Gasteiger partial charge in [-0.15, -0.1) is 0 Å². The van der Waals surface area contributed by atoms with Crippen molar-refractivity contribution in [2.75, 3.05) is 0 Å². The highest BCUT2D eigenvalue weighted by Crippen LogP contribution is 2.30. The van der Waals surface area contributed by atoms with E-state index in [0.717, 1.165) is 10.4 Å². The number of halogens is 1. The summed E-state index contributed by atoms with van der Waals surface area (Å²) in [5.41, 5.74) is 1.29. The molecule has 0 saturated heterocycles. The van der Waals surface area contributed by atoms with E-state index in [1.54, 1.807) is 0 Å². The van der Waals surface area contributed by atoms with Gasteiger partial charge in [-0.3, -0.25) is 0 Å². The van der Waals surface area contributed by atoms with E-state index in [9.17, 15) is 0 Å². The lowest BCUT2D eigenvalue weighted by atomic mass is 10.2. The third-order valence-electron chi connectivity index (χ3n) is 2.03. The summed E-state index contributed by atoms with van der Waals surface area (Å²) in [5, 5.41) is 0. The maximum Gasteiger partial charge on any atom is 0.0181 e. The average molecular weight is 223 g/mol. The summed E-state index contributed by atoms with van der Waals surface area (Å²) in [5.74, 6) is 0.865. The van der Waals surface area contributed by atoms with Crippen molar-refractivity contribution in [2.24, 2.45) is 5.92 Å². The molecule has 0 atom stereocenters. The van der Waals surface area contributed by atoms with Crippen LogP contribution in [0.1, 0.15) is 18.4 Å². The lowest BCUT2D eigenvalue weighted by molar-refractivity contribution is 1.13. The minimum atomic E-state index is 0.865. The minimum Gasteiger partial charge on any atom is -0.0808 e. The Hall–Kier alpha value is -0.560. The van der Waals surface area contributed by atoms with Crippen molar-refractivity contribution in [2.45, 2.75) is 12.8 Å². The van der Waals surface area contributed by atoms with Gasteiger partial charge in [0.25, 0.3) is 0 Å². The quantitative estimate of drug-likeness (QED) is 0.713. The van der Waals surface area contributed by atoms with Crippen molar-refractivity contribution in [1.82, 2.24) is 0 Å². The third-order valence-corrected chi connectivity index (χ3v) is 2.52. The normalized spacial score (nSPS) is 17.1. The summed E-state index contributed by atoms with van der Waals surface area (Å²) in [6.45, 7) is 0. The Morgan fingerprint density at radius 3 is 2.83 bits per heavy atom. The van der Waals surface area contributed by atoms with Crippen molar-refractivity contribution in [3.05, 3.63) is 40.4 Å². The number of hydrogen-bond acceptors (Lipinski definition) is 0. The molecular weight excluding hydrogens is 212 g/mol. The predicted molar refractivity (Wildman–Crippen MR) is 55.9 cm³/mol. The van der Waals surface area contributed by atoms with E-state index >= 15 is 0 Å². The molecule has 1 fully saturated rings. The van der Waals surface area contributed by atoms with Crippen molar-refractivity contribution in [3.8, 4) is 0 Å². The second kappa shape index (κ2) is 3.44. The molecule has 1 heteroatoms. The molecule has 1 aromatic carbocycles. The molecule has 0 bridgehead atoms. The van der Waals surface area contributed by atoms with E-state index < -0.39 is 0 Å². The van der Waals surface area contributed by atoms with E-state index in [0.29, 0.717) is 0 Å². The minimum absolute atomic E-state index is 0.865. The highest BCUT2D eigenvalue weighted by atomic mass is 79.9. The zero-order chi connectivity index (χ0) is 8.39. The van der Waals surface area contributed by atoms with E-state index in [-0.39, 0.29) is 0 Å². The Morgan fingerprint density at radius 2 is 2.17 bits per heavy atom. The second-order valence-corrected chi connectivity index (χ2v) is 4.17. The van der Waals surface area contributed by atoms with E-state index in [2.05, 4.69) is 52.3 Å². The molecule has 1 aliphatic rings. The summed E-state index contributed by atoms with van der Waals surface area (Å²) < 4.78 is 1.15. The van der Waals surface area contributed by atoms with Crippen molar-refractivity contribution in [3.63, 3.8) is 0 Å². The lowest BCUT2D eigenvalue weighted by Gasteiger charge is -1.93. The molecule has 1 aliphatic carbocycles. The Labute approximate surface area is 81.4 Å². The fourth-order valence-electron chi connectivity index (χ4n) is 1.15. The van der Waals surface area contributed by atoms with Crippen LogP contribution in [-0.2, 0) is 0 Å². The van der Waals surface area contributed by atoms with Gasteiger partial charge in [0.15, 0.2) is 0 Å². The molecule has 0 N–H and O–H groups in total. The molecule has 1 aromatic rings. The summed E-state index contributed by atoms with van der Waals surface area (Å²) in [7, 11) is 0. The molecule has 0 spiro atoms. The lowest BCUT2D eigenvalue weighted by Crippen LogP contribution is -1.71. The van der Waals surface area contributed by atoms with Gasteiger partial charge in [-0.2, -0.15) is 0 Å². The van der Waals surface area contributed by atoms with Gasteiger partial charge in [-0.05, 0) is 36.5 Å². The Morgan fingerprint density at radius 1 is 1.33 bits per heavy atom. The monoisotopic (exact) mass is 222 g/mol. The van der Waals surface area contributed by atoms with Gasteiger partial charge in [-0.1, -0.05) is 40.2 Å². The summed E-state index contributed by atoms with van der Waals surface area (Å²) in [4.78, 5) is 0. The first-order chi connectivity index (χ1) is 5.84. The third kappa shape index (κ3) is 2.21. The van der Waals surface area contributed by atoms with Crippen LogP contribution in [-0.4, -0.2) is 0 Å². The second-order valence-electron chi connectivity index (χ2n) is 3.25. The molecule has 0 radical (unpaired) electrons. The van der Waals surface area contributed by atoms with Crippen LogP contribution in [0, 0.1) is 5.92 Å². The van der Waals surface area contributed by atoms with E-state index in [1.807, 2.05) is 0 Å². The molecule has 1 saturated carbocycles. The van der Waals surface area contributed by atoms with Crippen LogP contribution in [0.25, 0.3) is 6.08 Å². The van der Waals surface area contributed by atoms with Crippen LogP contribution in [0.5, 0.6) is 0 Å². The van der Waals surface area contributed by atoms with Gasteiger partial charge >= 0.3 is 0 Å². The standard InChI is InChI=1S/C11H11Br/c12-11-3-1-2-10(8-11)7-6-9-4-5-9/h1-3,6-9H,4-5H2/b7-6+. The van der Waals surface area contributed by atoms with Gasteiger partial charge in [-0.25, -0.2) is 0 Å². The first-order valence-electron chi connectivity index (χ1n) is 4.28. The van der Waals surface area contributed by atoms with Crippen LogP contribution >= 0.6 is 15.9 Å². The summed E-state index contributed by atoms with van der Waals surface area (Å²) in [6, 6.07) is 8.38. The average Bonchev–Trinajstić information content (AvgIpc) is 2.84. The van der Waals surface area contributed by atoms with Crippen molar-refractivity contribution >= 4 is 22.0 Å². The molecule has 0 amide bonds. The van der Waals surface area contributed by atoms with Crippen LogP contribution in [0.2, 0.25) is 0 Å². The van der Waals surface area contributed by atoms with Gasteiger partial charge < -0.3 is 0 Å². The van der Waals surface area contributed by atoms with Crippen LogP contribution in [0.3, 0.4) is 0 Å². The zero-order valence-electron chi connectivity index (χ0n) is 6.83. The molecular formula is C11H11Br. The zero-order valence-corrected chi connectivity index (χ0v) is 8.42. The molecule has 0 aliphatic heterocycles. The molecule has 0 aromatic heterocycles. The predicted octanol–water partition coefficient (Wildman–Crippen LogP) is 3.87. The summed E-state index contributed by atoms with van der Waals surface area (Å²) >= 11 is 3.45. The van der Waals surface area contributed by atoms with E-state index in [1.165, 1.54) is 18.4 Å². The Bertz CT molecular complexity index is 298.